The van der Waals surface area contributed by atoms with Crippen molar-refractivity contribution in [2.75, 3.05) is 24.4 Å². The van der Waals surface area contributed by atoms with E-state index in [4.69, 9.17) is 5.84 Å². The van der Waals surface area contributed by atoms with E-state index >= 15 is 0 Å². The largest absolute Gasteiger partial charge is 0.353 e. The maximum Gasteiger partial charge on any atom is 0.208 e. The number of anilines is 2. The van der Waals surface area contributed by atoms with Crippen LogP contribution in [0.1, 0.15) is 5.56 Å². The van der Waals surface area contributed by atoms with Crippen LogP contribution in [0.5, 0.6) is 0 Å². The molecule has 2 aromatic rings. The van der Waals surface area contributed by atoms with Crippen LogP contribution in [0.25, 0.3) is 0 Å². The first-order chi connectivity index (χ1) is 8.69. The van der Waals surface area contributed by atoms with E-state index in [0.29, 0.717) is 5.82 Å². The zero-order valence-corrected chi connectivity index (χ0v) is 11.8. The molecule has 0 saturated heterocycles. The molecule has 3 N–H and O–H groups in total. The molecule has 0 aliphatic rings. The summed E-state index contributed by atoms with van der Waals surface area (Å²) in [5.74, 6) is 6.80. The quantitative estimate of drug-likeness (QED) is 0.489. The highest BCUT2D eigenvalue weighted by atomic mass is 32.2. The third-order valence-electron chi connectivity index (χ3n) is 2.11. The molecule has 0 fully saturated rings. The van der Waals surface area contributed by atoms with Crippen LogP contribution >= 0.6 is 23.1 Å². The van der Waals surface area contributed by atoms with Crippen molar-refractivity contribution in [2.45, 2.75) is 10.1 Å². The van der Waals surface area contributed by atoms with Crippen molar-refractivity contribution < 1.29 is 0 Å². The van der Waals surface area contributed by atoms with Gasteiger partial charge in [-0.15, -0.1) is 10.2 Å². The van der Waals surface area contributed by atoms with Crippen LogP contribution in [-0.4, -0.2) is 29.3 Å². The van der Waals surface area contributed by atoms with Crippen LogP contribution in [0.15, 0.2) is 22.7 Å². The minimum atomic E-state index is 0.666. The minimum absolute atomic E-state index is 0.666. The molecular weight excluding hydrogens is 268 g/mol. The molecule has 2 heterocycles. The molecule has 0 aliphatic carbocycles. The van der Waals surface area contributed by atoms with Gasteiger partial charge in [0.15, 0.2) is 4.34 Å². The summed E-state index contributed by atoms with van der Waals surface area (Å²) in [6.07, 6.45) is 1.73. The van der Waals surface area contributed by atoms with Crippen molar-refractivity contribution in [1.29, 1.82) is 0 Å². The first-order valence-corrected chi connectivity index (χ1v) is 7.04. The number of hydrogen-bond acceptors (Lipinski definition) is 8. The molecule has 6 nitrogen and oxygen atoms in total. The number of pyridine rings is 1. The van der Waals surface area contributed by atoms with Gasteiger partial charge >= 0.3 is 0 Å². The maximum atomic E-state index is 5.32. The van der Waals surface area contributed by atoms with Crippen LogP contribution in [-0.2, 0) is 5.75 Å². The summed E-state index contributed by atoms with van der Waals surface area (Å²) in [5, 5.41) is 9.13. The Labute approximate surface area is 114 Å². The number of nitrogens with zero attached hydrogens (tertiary/aromatic N) is 4. The van der Waals surface area contributed by atoms with Gasteiger partial charge in [-0.1, -0.05) is 23.1 Å². The zero-order valence-electron chi connectivity index (χ0n) is 10.1. The lowest BCUT2D eigenvalue weighted by Gasteiger charge is -2.04. The Bertz CT molecular complexity index is 513. The lowest BCUT2D eigenvalue weighted by atomic mass is 10.3. The Kier molecular flexibility index (Phi) is 4.34. The molecule has 0 spiro atoms. The average Bonchev–Trinajstić information content (AvgIpc) is 2.85. The highest BCUT2D eigenvalue weighted by Gasteiger charge is 2.06. The van der Waals surface area contributed by atoms with Crippen molar-refractivity contribution in [3.05, 3.63) is 23.9 Å². The lowest BCUT2D eigenvalue weighted by Crippen LogP contribution is -2.08. The predicted octanol–water partition coefficient (Wildman–Crippen LogP) is 1.58. The monoisotopic (exact) mass is 282 g/mol. The number of aromatic nitrogens is 3. The van der Waals surface area contributed by atoms with Gasteiger partial charge in [-0.05, 0) is 17.7 Å². The van der Waals surface area contributed by atoms with E-state index in [1.807, 2.05) is 31.1 Å². The Morgan fingerprint density at radius 3 is 2.94 bits per heavy atom. The summed E-state index contributed by atoms with van der Waals surface area (Å²) in [5.41, 5.74) is 3.68. The van der Waals surface area contributed by atoms with Gasteiger partial charge in [0.2, 0.25) is 5.13 Å². The van der Waals surface area contributed by atoms with Crippen molar-refractivity contribution in [3.63, 3.8) is 0 Å². The van der Waals surface area contributed by atoms with Crippen LogP contribution < -0.4 is 16.2 Å². The van der Waals surface area contributed by atoms with E-state index in [0.717, 1.165) is 20.8 Å². The van der Waals surface area contributed by atoms with Gasteiger partial charge in [0.25, 0.3) is 0 Å². The highest BCUT2D eigenvalue weighted by Crippen LogP contribution is 2.29. The van der Waals surface area contributed by atoms with Crippen molar-refractivity contribution >= 4 is 34.0 Å². The third kappa shape index (κ3) is 3.31. The summed E-state index contributed by atoms with van der Waals surface area (Å²) >= 11 is 3.23. The normalized spacial score (nSPS) is 10.4. The van der Waals surface area contributed by atoms with E-state index in [1.54, 1.807) is 29.3 Å². The topological polar surface area (TPSA) is 80.0 Å². The number of rotatable bonds is 5. The maximum absolute atomic E-state index is 5.32. The number of hydrogen-bond donors (Lipinski definition) is 2. The van der Waals surface area contributed by atoms with Gasteiger partial charge in [0.05, 0.1) is 0 Å². The van der Waals surface area contributed by atoms with Crippen LogP contribution in [0.4, 0.5) is 10.9 Å². The SMILES string of the molecule is CN(C)c1nnc(SCc2ccnc(NN)c2)s1. The molecule has 0 unspecified atom stereocenters. The second-order valence-corrected chi connectivity index (χ2v) is 5.91. The molecule has 0 atom stereocenters. The lowest BCUT2D eigenvalue weighted by molar-refractivity contribution is 0.972. The van der Waals surface area contributed by atoms with Crippen molar-refractivity contribution in [1.82, 2.24) is 15.2 Å². The molecule has 0 radical (unpaired) electrons. The smallest absolute Gasteiger partial charge is 0.208 e. The van der Waals surface area contributed by atoms with Gasteiger partial charge < -0.3 is 10.3 Å². The van der Waals surface area contributed by atoms with E-state index in [9.17, 15) is 0 Å². The molecule has 0 aliphatic heterocycles. The van der Waals surface area contributed by atoms with Gasteiger partial charge in [-0.25, -0.2) is 10.8 Å². The molecule has 0 bridgehead atoms. The van der Waals surface area contributed by atoms with E-state index in [1.165, 1.54) is 0 Å². The summed E-state index contributed by atoms with van der Waals surface area (Å²) in [4.78, 5) is 6.01. The van der Waals surface area contributed by atoms with Crippen LogP contribution in [0.2, 0.25) is 0 Å². The summed E-state index contributed by atoms with van der Waals surface area (Å²) in [6.45, 7) is 0. The predicted molar refractivity (Wildman–Crippen MR) is 75.8 cm³/mol. The minimum Gasteiger partial charge on any atom is -0.353 e. The first-order valence-electron chi connectivity index (χ1n) is 5.24. The van der Waals surface area contributed by atoms with Crippen LogP contribution in [0, 0.1) is 0 Å². The molecule has 0 aromatic carbocycles. The van der Waals surface area contributed by atoms with Gasteiger partial charge in [-0.2, -0.15) is 0 Å². The summed E-state index contributed by atoms with van der Waals surface area (Å²) < 4.78 is 0.956. The molecule has 8 heteroatoms. The Balaban J connectivity index is 1.97. The fourth-order valence-electron chi connectivity index (χ4n) is 1.23. The Hall–Kier alpha value is -1.38. The number of thioether (sulfide) groups is 1. The van der Waals surface area contributed by atoms with Crippen molar-refractivity contribution in [2.24, 2.45) is 5.84 Å². The average molecular weight is 282 g/mol. The Morgan fingerprint density at radius 2 is 2.28 bits per heavy atom. The first kappa shape index (κ1) is 13.1. The van der Waals surface area contributed by atoms with E-state index < -0.39 is 0 Å². The Morgan fingerprint density at radius 1 is 1.44 bits per heavy atom. The zero-order chi connectivity index (χ0) is 13.0. The second kappa shape index (κ2) is 5.98. The van der Waals surface area contributed by atoms with Gasteiger partial charge in [-0.3, -0.25) is 0 Å². The molecule has 2 aromatic heterocycles. The van der Waals surface area contributed by atoms with Gasteiger partial charge in [0.1, 0.15) is 5.82 Å². The summed E-state index contributed by atoms with van der Waals surface area (Å²) in [7, 11) is 3.91. The number of nitrogen functional groups attached to an aromatic ring is 1. The molecule has 18 heavy (non-hydrogen) atoms. The number of hydrazine groups is 1. The molecule has 96 valence electrons. The van der Waals surface area contributed by atoms with E-state index in [-0.39, 0.29) is 0 Å². The summed E-state index contributed by atoms with van der Waals surface area (Å²) in [6, 6.07) is 3.88. The number of nitrogens with two attached hydrogens (primary N) is 1. The fourth-order valence-corrected chi connectivity index (χ4v) is 2.94. The van der Waals surface area contributed by atoms with Crippen LogP contribution in [0.3, 0.4) is 0 Å². The van der Waals surface area contributed by atoms with Gasteiger partial charge in [0, 0.05) is 26.0 Å². The fraction of sp³-hybridized carbons (Fsp3) is 0.300. The second-order valence-electron chi connectivity index (χ2n) is 3.73. The molecule has 0 saturated carbocycles. The highest BCUT2D eigenvalue weighted by molar-refractivity contribution is 8.00. The number of nitrogens with one attached hydrogen (secondary N) is 1. The molecule has 2 rings (SSSR count). The van der Waals surface area contributed by atoms with E-state index in [2.05, 4.69) is 20.6 Å². The standard InChI is InChI=1S/C10H14N6S2/c1-16(2)9-14-15-10(18-9)17-6-7-3-4-12-8(5-7)13-11/h3-5H,6,11H2,1-2H3,(H,12,13). The third-order valence-corrected chi connectivity index (χ3v) is 4.41. The van der Waals surface area contributed by atoms with Crippen molar-refractivity contribution in [3.8, 4) is 0 Å². The molecular formula is C10H14N6S2. The molecule has 0 amide bonds.